The van der Waals surface area contributed by atoms with Crippen LogP contribution in [-0.4, -0.2) is 22.1 Å². The van der Waals surface area contributed by atoms with Gasteiger partial charge in [-0.1, -0.05) is 12.8 Å². The number of anilines is 3. The van der Waals surface area contributed by atoms with Crippen molar-refractivity contribution in [3.63, 3.8) is 0 Å². The molecule has 26 heavy (non-hydrogen) atoms. The average molecular weight is 353 g/mol. The van der Waals surface area contributed by atoms with Gasteiger partial charge in [0.15, 0.2) is 0 Å². The number of rotatable bonds is 4. The van der Waals surface area contributed by atoms with Crippen LogP contribution >= 0.6 is 0 Å². The molecule has 1 aromatic carbocycles. The Morgan fingerprint density at radius 2 is 2.04 bits per heavy atom. The molecule has 0 spiro atoms. The lowest BCUT2D eigenvalue weighted by molar-refractivity contribution is 0.404. The minimum absolute atomic E-state index is 0.181. The summed E-state index contributed by atoms with van der Waals surface area (Å²) in [5.74, 6) is 0.321. The molecular weight excluding hydrogens is 329 g/mol. The number of aromatic amines is 1. The third kappa shape index (κ3) is 3.37. The predicted octanol–water partition coefficient (Wildman–Crippen LogP) is 4.44. The summed E-state index contributed by atoms with van der Waals surface area (Å²) in [7, 11) is 0. The van der Waals surface area contributed by atoms with Gasteiger partial charge in [0.1, 0.15) is 11.6 Å². The van der Waals surface area contributed by atoms with Crippen molar-refractivity contribution in [2.75, 3.05) is 10.6 Å². The summed E-state index contributed by atoms with van der Waals surface area (Å²) in [6.07, 6.45) is 6.48. The number of nitrogens with two attached hydrogens (primary N) is 1. The summed E-state index contributed by atoms with van der Waals surface area (Å²) in [5.41, 5.74) is 9.63. The number of hydrogen-bond donors (Lipinski definition) is 4. The first-order valence-electron chi connectivity index (χ1n) is 9.13. The maximum atomic E-state index is 13.5. The van der Waals surface area contributed by atoms with E-state index < -0.39 is 0 Å². The largest absolute Gasteiger partial charge is 0.381 e. The highest BCUT2D eigenvalue weighted by molar-refractivity contribution is 5.96. The Balaban J connectivity index is 1.64. The topological polar surface area (TPSA) is 78.8 Å². The lowest BCUT2D eigenvalue weighted by Crippen LogP contribution is -2.42. The Morgan fingerprint density at radius 1 is 1.19 bits per heavy atom. The van der Waals surface area contributed by atoms with Crippen LogP contribution < -0.4 is 16.4 Å². The molecule has 0 aliphatic heterocycles. The van der Waals surface area contributed by atoms with Gasteiger partial charge in [0.25, 0.3) is 0 Å². The van der Waals surface area contributed by atoms with Gasteiger partial charge in [-0.05, 0) is 50.1 Å². The van der Waals surface area contributed by atoms with E-state index in [0.717, 1.165) is 35.1 Å². The maximum absolute atomic E-state index is 13.5. The molecule has 5 N–H and O–H groups in total. The molecule has 2 aromatic heterocycles. The van der Waals surface area contributed by atoms with Crippen molar-refractivity contribution in [2.24, 2.45) is 5.73 Å². The lowest BCUT2D eigenvalue weighted by atomic mass is 9.91. The van der Waals surface area contributed by atoms with Gasteiger partial charge in [0.2, 0.25) is 0 Å². The van der Waals surface area contributed by atoms with E-state index in [4.69, 9.17) is 5.73 Å². The molecule has 1 aliphatic rings. The third-order valence-corrected chi connectivity index (χ3v) is 5.12. The summed E-state index contributed by atoms with van der Waals surface area (Å²) < 4.78 is 13.5. The summed E-state index contributed by atoms with van der Waals surface area (Å²) in [6.45, 7) is 1.66. The van der Waals surface area contributed by atoms with Gasteiger partial charge in [0, 0.05) is 34.9 Å². The molecule has 0 radical (unpaired) electrons. The second-order valence-corrected chi connectivity index (χ2v) is 7.05. The highest BCUT2D eigenvalue weighted by atomic mass is 19.1. The zero-order valence-corrected chi connectivity index (χ0v) is 14.8. The van der Waals surface area contributed by atoms with Gasteiger partial charge in [-0.2, -0.15) is 0 Å². The molecule has 6 heteroatoms. The van der Waals surface area contributed by atoms with E-state index in [2.05, 4.69) is 32.7 Å². The van der Waals surface area contributed by atoms with Gasteiger partial charge in [-0.3, -0.25) is 0 Å². The predicted molar refractivity (Wildman–Crippen MR) is 104 cm³/mol. The van der Waals surface area contributed by atoms with Gasteiger partial charge in [0.05, 0.1) is 11.4 Å². The van der Waals surface area contributed by atoms with E-state index in [1.54, 1.807) is 13.0 Å². The van der Waals surface area contributed by atoms with E-state index in [1.165, 1.54) is 18.9 Å². The van der Waals surface area contributed by atoms with Crippen molar-refractivity contribution in [3.05, 3.63) is 48.0 Å². The van der Waals surface area contributed by atoms with Crippen LogP contribution in [0.4, 0.5) is 21.6 Å². The highest BCUT2D eigenvalue weighted by Crippen LogP contribution is 2.31. The van der Waals surface area contributed by atoms with Crippen LogP contribution in [-0.2, 0) is 0 Å². The van der Waals surface area contributed by atoms with E-state index in [0.29, 0.717) is 11.5 Å². The second kappa shape index (κ2) is 6.96. The van der Waals surface area contributed by atoms with Gasteiger partial charge >= 0.3 is 0 Å². The Hall–Kier alpha value is -2.60. The molecule has 1 fully saturated rings. The highest BCUT2D eigenvalue weighted by Gasteiger charge is 2.21. The van der Waals surface area contributed by atoms with Gasteiger partial charge in [-0.25, -0.2) is 9.37 Å². The van der Waals surface area contributed by atoms with Crippen LogP contribution in [0.15, 0.2) is 36.5 Å². The number of nitrogens with zero attached hydrogens (tertiary/aromatic N) is 1. The fourth-order valence-electron chi connectivity index (χ4n) is 3.66. The fourth-order valence-corrected chi connectivity index (χ4v) is 3.66. The Labute approximate surface area is 152 Å². The molecule has 5 nitrogen and oxygen atoms in total. The quantitative estimate of drug-likeness (QED) is 0.559. The SMILES string of the molecule is Cc1nc(Nc2cc(N[C@@H]3CCCC[C@@H]3N)cc3[nH]ccc23)ccc1F. The molecule has 136 valence electrons. The number of H-pyrrole nitrogens is 1. The van der Waals surface area contributed by atoms with Crippen molar-refractivity contribution in [1.29, 1.82) is 0 Å². The third-order valence-electron chi connectivity index (χ3n) is 5.12. The molecule has 1 saturated carbocycles. The molecule has 1 aliphatic carbocycles. The molecule has 2 heterocycles. The normalized spacial score (nSPS) is 20.3. The van der Waals surface area contributed by atoms with Crippen LogP contribution in [0.25, 0.3) is 10.9 Å². The monoisotopic (exact) mass is 353 g/mol. The standard InChI is InChI=1S/C20H24FN5/c1-12-15(21)6-7-20(24-12)26-19-11-13(10-18-14(19)8-9-23-18)25-17-5-3-2-4-16(17)22/h6-11,16-17,23,25H,2-5,22H2,1H3,(H,24,26)/t16-,17+/m0/s1. The average Bonchev–Trinajstić information content (AvgIpc) is 3.09. The maximum Gasteiger partial charge on any atom is 0.144 e. The van der Waals surface area contributed by atoms with Crippen molar-refractivity contribution in [2.45, 2.75) is 44.7 Å². The van der Waals surface area contributed by atoms with E-state index in [9.17, 15) is 4.39 Å². The first-order chi connectivity index (χ1) is 12.6. The number of halogens is 1. The molecule has 0 unspecified atom stereocenters. The molecule has 4 rings (SSSR count). The zero-order valence-electron chi connectivity index (χ0n) is 14.8. The minimum Gasteiger partial charge on any atom is -0.381 e. The van der Waals surface area contributed by atoms with Crippen LogP contribution in [0, 0.1) is 12.7 Å². The van der Waals surface area contributed by atoms with Crippen molar-refractivity contribution < 1.29 is 4.39 Å². The number of aromatic nitrogens is 2. The minimum atomic E-state index is -0.302. The Kier molecular flexibility index (Phi) is 4.51. The number of nitrogens with one attached hydrogen (secondary N) is 3. The molecule has 0 saturated heterocycles. The van der Waals surface area contributed by atoms with Crippen LogP contribution in [0.3, 0.4) is 0 Å². The van der Waals surface area contributed by atoms with E-state index in [-0.39, 0.29) is 17.9 Å². The number of benzene rings is 1. The second-order valence-electron chi connectivity index (χ2n) is 7.05. The van der Waals surface area contributed by atoms with Crippen LogP contribution in [0.5, 0.6) is 0 Å². The van der Waals surface area contributed by atoms with Crippen LogP contribution in [0.1, 0.15) is 31.4 Å². The van der Waals surface area contributed by atoms with Gasteiger partial charge in [-0.15, -0.1) is 0 Å². The molecule has 0 amide bonds. The zero-order chi connectivity index (χ0) is 18.1. The first kappa shape index (κ1) is 16.8. The first-order valence-corrected chi connectivity index (χ1v) is 9.13. The van der Waals surface area contributed by atoms with E-state index >= 15 is 0 Å². The molecule has 0 bridgehead atoms. The van der Waals surface area contributed by atoms with Crippen molar-refractivity contribution in [1.82, 2.24) is 9.97 Å². The summed E-state index contributed by atoms with van der Waals surface area (Å²) in [4.78, 5) is 7.54. The van der Waals surface area contributed by atoms with Gasteiger partial charge < -0.3 is 21.4 Å². The number of aryl methyl sites for hydroxylation is 1. The van der Waals surface area contributed by atoms with Crippen molar-refractivity contribution in [3.8, 4) is 0 Å². The smallest absolute Gasteiger partial charge is 0.144 e. The summed E-state index contributed by atoms with van der Waals surface area (Å²) in [5, 5.41) is 7.98. The summed E-state index contributed by atoms with van der Waals surface area (Å²) >= 11 is 0. The van der Waals surface area contributed by atoms with E-state index in [1.807, 2.05) is 12.3 Å². The fraction of sp³-hybridized carbons (Fsp3) is 0.350. The number of fused-ring (bicyclic) bond motifs is 1. The number of pyridine rings is 1. The van der Waals surface area contributed by atoms with Crippen molar-refractivity contribution >= 4 is 28.1 Å². The van der Waals surface area contributed by atoms with Crippen LogP contribution in [0.2, 0.25) is 0 Å². The molecular formula is C20H24FN5. The molecule has 2 atom stereocenters. The Morgan fingerprint density at radius 3 is 2.85 bits per heavy atom. The lowest BCUT2D eigenvalue weighted by Gasteiger charge is -2.30. The number of hydrogen-bond acceptors (Lipinski definition) is 4. The molecule has 3 aromatic rings. The Bertz CT molecular complexity index is 920. The summed E-state index contributed by atoms with van der Waals surface area (Å²) in [6, 6.07) is 9.74.